The maximum Gasteiger partial charge on any atom is 0.162 e. The molecule has 0 amide bonds. The van der Waals surface area contributed by atoms with Gasteiger partial charge in [-0.15, -0.1) is 0 Å². The molecule has 3 heterocycles. The summed E-state index contributed by atoms with van der Waals surface area (Å²) in [7, 11) is 0. The number of rotatable bonds is 3. The Morgan fingerprint density at radius 3 is 1.80 bits per heavy atom. The van der Waals surface area contributed by atoms with Crippen LogP contribution in [-0.4, -0.2) is 19.1 Å². The first-order chi connectivity index (χ1) is 26.8. The van der Waals surface area contributed by atoms with Crippen molar-refractivity contribution in [3.8, 4) is 22.9 Å². The number of fused-ring (bicyclic) bond motifs is 11. The van der Waals surface area contributed by atoms with E-state index in [2.05, 4.69) is 191 Å². The third-order valence-electron chi connectivity index (χ3n) is 11.3. The van der Waals surface area contributed by atoms with Crippen LogP contribution in [0.15, 0.2) is 182 Å². The van der Waals surface area contributed by atoms with E-state index in [1.54, 1.807) is 0 Å². The summed E-state index contributed by atoms with van der Waals surface area (Å²) in [6.07, 6.45) is 0. The molecule has 0 saturated carbocycles. The molecule has 54 heavy (non-hydrogen) atoms. The Bertz CT molecular complexity index is 3510. The van der Waals surface area contributed by atoms with Crippen molar-refractivity contribution in [1.82, 2.24) is 19.1 Å². The van der Waals surface area contributed by atoms with Crippen molar-refractivity contribution >= 4 is 86.8 Å². The molecule has 0 aliphatic rings. The fourth-order valence-electron chi connectivity index (χ4n) is 8.85. The van der Waals surface area contributed by atoms with E-state index in [4.69, 9.17) is 9.97 Å². The molecule has 9 aromatic carbocycles. The lowest BCUT2D eigenvalue weighted by Crippen LogP contribution is -2.03. The molecule has 12 rings (SSSR count). The SMILES string of the molecule is c1ccc2cc3c(cc2c1)c1cc(-n2c4ccccc4c4c5ccccc5ccc42)ccc1n3-c1nc(-c2cccc3ccccc23)nc2ccccc12. The fraction of sp³-hybridized carbons (Fsp3) is 0. The van der Waals surface area contributed by atoms with E-state index in [1.165, 1.54) is 59.5 Å². The number of hydrogen-bond donors (Lipinski definition) is 0. The summed E-state index contributed by atoms with van der Waals surface area (Å²) in [4.78, 5) is 10.6. The second-order valence-electron chi connectivity index (χ2n) is 14.2. The van der Waals surface area contributed by atoms with Gasteiger partial charge in [0.1, 0.15) is 5.82 Å². The zero-order valence-electron chi connectivity index (χ0n) is 29.1. The Morgan fingerprint density at radius 2 is 0.944 bits per heavy atom. The van der Waals surface area contributed by atoms with Gasteiger partial charge in [0, 0.05) is 38.2 Å². The Morgan fingerprint density at radius 1 is 0.333 bits per heavy atom. The lowest BCUT2D eigenvalue weighted by atomic mass is 10.0. The van der Waals surface area contributed by atoms with E-state index < -0.39 is 0 Å². The third kappa shape index (κ3) is 4.13. The lowest BCUT2D eigenvalue weighted by Gasteiger charge is -2.14. The second-order valence-corrected chi connectivity index (χ2v) is 14.2. The van der Waals surface area contributed by atoms with Crippen molar-refractivity contribution in [3.05, 3.63) is 182 Å². The summed E-state index contributed by atoms with van der Waals surface area (Å²) in [5.74, 6) is 1.58. The molecule has 0 saturated heterocycles. The van der Waals surface area contributed by atoms with Gasteiger partial charge in [0.25, 0.3) is 0 Å². The van der Waals surface area contributed by atoms with E-state index in [0.717, 1.165) is 44.4 Å². The smallest absolute Gasteiger partial charge is 0.162 e. The fourth-order valence-corrected chi connectivity index (χ4v) is 8.85. The molecule has 0 radical (unpaired) electrons. The molecule has 3 aromatic heterocycles. The highest BCUT2D eigenvalue weighted by molar-refractivity contribution is 6.22. The van der Waals surface area contributed by atoms with Gasteiger partial charge < -0.3 is 4.57 Å². The number of benzene rings is 9. The van der Waals surface area contributed by atoms with Crippen LogP contribution in [0.1, 0.15) is 0 Å². The molecule has 0 N–H and O–H groups in total. The van der Waals surface area contributed by atoms with Crippen molar-refractivity contribution in [1.29, 1.82) is 0 Å². The molecule has 0 aliphatic carbocycles. The number of para-hydroxylation sites is 2. The standard InChI is InChI=1S/C50H30N4/c1-2-15-34-29-47-41(28-33(34)14-1)42-30-35(53-44-23-10-8-20-40(44)48-37-18-6-4-13-32(37)24-26-46(48)53)25-27-45(42)54(47)50-39-19-7-9-22-43(39)51-49(52-50)38-21-11-16-31-12-3-5-17-36(31)38/h1-30H. The molecular formula is C50H30N4. The molecule has 0 unspecified atom stereocenters. The number of aromatic nitrogens is 4. The van der Waals surface area contributed by atoms with Crippen LogP contribution in [0.5, 0.6) is 0 Å². The zero-order valence-corrected chi connectivity index (χ0v) is 29.1. The topological polar surface area (TPSA) is 35.6 Å². The normalized spacial score (nSPS) is 12.1. The lowest BCUT2D eigenvalue weighted by molar-refractivity contribution is 1.08. The van der Waals surface area contributed by atoms with Crippen LogP contribution in [0, 0.1) is 0 Å². The number of hydrogen-bond acceptors (Lipinski definition) is 2. The van der Waals surface area contributed by atoms with Gasteiger partial charge in [-0.2, -0.15) is 0 Å². The monoisotopic (exact) mass is 686 g/mol. The van der Waals surface area contributed by atoms with Gasteiger partial charge in [-0.3, -0.25) is 4.57 Å². The van der Waals surface area contributed by atoms with E-state index >= 15 is 0 Å². The van der Waals surface area contributed by atoms with Gasteiger partial charge in [0.15, 0.2) is 5.82 Å². The minimum Gasteiger partial charge on any atom is -0.309 e. The highest BCUT2D eigenvalue weighted by atomic mass is 15.1. The van der Waals surface area contributed by atoms with Gasteiger partial charge in [0.2, 0.25) is 0 Å². The van der Waals surface area contributed by atoms with Gasteiger partial charge in [-0.1, -0.05) is 127 Å². The maximum atomic E-state index is 5.47. The van der Waals surface area contributed by atoms with Crippen LogP contribution in [0.3, 0.4) is 0 Å². The summed E-state index contributed by atoms with van der Waals surface area (Å²) in [6, 6.07) is 65.5. The summed E-state index contributed by atoms with van der Waals surface area (Å²) >= 11 is 0. The molecule has 0 spiro atoms. The van der Waals surface area contributed by atoms with Crippen LogP contribution < -0.4 is 0 Å². The molecule has 4 nitrogen and oxygen atoms in total. The van der Waals surface area contributed by atoms with Crippen molar-refractivity contribution < 1.29 is 0 Å². The van der Waals surface area contributed by atoms with E-state index in [-0.39, 0.29) is 0 Å². The molecule has 4 heteroatoms. The molecule has 12 aromatic rings. The highest BCUT2D eigenvalue weighted by Gasteiger charge is 2.21. The Labute approximate surface area is 309 Å². The van der Waals surface area contributed by atoms with Crippen LogP contribution in [0.25, 0.3) is 110 Å². The summed E-state index contributed by atoms with van der Waals surface area (Å²) in [5.41, 5.74) is 7.66. The molecular weight excluding hydrogens is 657 g/mol. The Balaban J connectivity index is 1.19. The minimum atomic E-state index is 0.713. The third-order valence-corrected chi connectivity index (χ3v) is 11.3. The Kier molecular flexibility index (Phi) is 6.02. The van der Waals surface area contributed by atoms with Gasteiger partial charge >= 0.3 is 0 Å². The summed E-state index contributed by atoms with van der Waals surface area (Å²) in [6.45, 7) is 0. The first-order valence-corrected chi connectivity index (χ1v) is 18.4. The maximum absolute atomic E-state index is 5.47. The van der Waals surface area contributed by atoms with Crippen LogP contribution in [0.2, 0.25) is 0 Å². The molecule has 250 valence electrons. The van der Waals surface area contributed by atoms with Crippen LogP contribution in [-0.2, 0) is 0 Å². The first-order valence-electron chi connectivity index (χ1n) is 18.4. The van der Waals surface area contributed by atoms with Crippen LogP contribution >= 0.6 is 0 Å². The van der Waals surface area contributed by atoms with E-state index in [0.29, 0.717) is 5.82 Å². The summed E-state index contributed by atoms with van der Waals surface area (Å²) in [5, 5.41) is 13.1. The predicted molar refractivity (Wildman–Crippen MR) is 226 cm³/mol. The largest absolute Gasteiger partial charge is 0.309 e. The number of nitrogens with zero attached hydrogens (tertiary/aromatic N) is 4. The average Bonchev–Trinajstić information content (AvgIpc) is 3.74. The molecule has 0 fully saturated rings. The van der Waals surface area contributed by atoms with Gasteiger partial charge in [-0.25, -0.2) is 9.97 Å². The Hall–Kier alpha value is -7.30. The van der Waals surface area contributed by atoms with E-state index in [1.807, 2.05) is 0 Å². The minimum absolute atomic E-state index is 0.713. The van der Waals surface area contributed by atoms with Crippen molar-refractivity contribution in [2.75, 3.05) is 0 Å². The quantitative estimate of drug-likeness (QED) is 0.185. The van der Waals surface area contributed by atoms with Crippen molar-refractivity contribution in [2.45, 2.75) is 0 Å². The summed E-state index contributed by atoms with van der Waals surface area (Å²) < 4.78 is 4.79. The van der Waals surface area contributed by atoms with Crippen molar-refractivity contribution in [3.63, 3.8) is 0 Å². The van der Waals surface area contributed by atoms with Gasteiger partial charge in [-0.05, 0) is 86.9 Å². The average molecular weight is 687 g/mol. The molecule has 0 bridgehead atoms. The van der Waals surface area contributed by atoms with Gasteiger partial charge in [0.05, 0.1) is 27.6 Å². The predicted octanol–water partition coefficient (Wildman–Crippen LogP) is 13.0. The van der Waals surface area contributed by atoms with Crippen molar-refractivity contribution in [2.24, 2.45) is 0 Å². The first kappa shape index (κ1) is 29.3. The molecule has 0 aliphatic heterocycles. The zero-order chi connectivity index (χ0) is 35.3. The van der Waals surface area contributed by atoms with E-state index in [9.17, 15) is 0 Å². The second kappa shape index (κ2) is 11.1. The van der Waals surface area contributed by atoms with Crippen LogP contribution in [0.4, 0.5) is 0 Å². The molecule has 0 atom stereocenters. The highest BCUT2D eigenvalue weighted by Crippen LogP contribution is 2.41.